The molecule has 4 heteroatoms. The average molecular weight is 561 g/mol. The van der Waals surface area contributed by atoms with Crippen molar-refractivity contribution in [2.24, 2.45) is 0 Å². The van der Waals surface area contributed by atoms with E-state index in [9.17, 15) is 10.5 Å². The predicted molar refractivity (Wildman–Crippen MR) is 178 cm³/mol. The zero-order chi connectivity index (χ0) is 29.6. The van der Waals surface area contributed by atoms with Gasteiger partial charge in [0.2, 0.25) is 0 Å². The molecule has 0 spiro atoms. The number of benzene rings is 5. The molecule has 0 aliphatic heterocycles. The van der Waals surface area contributed by atoms with Crippen molar-refractivity contribution in [3.05, 3.63) is 144 Å². The number of hydrogen-bond acceptors (Lipinski definition) is 2. The Morgan fingerprint density at radius 2 is 1.27 bits per heavy atom. The Balaban J connectivity index is 1.35. The normalized spacial score (nSPS) is 15.2. The summed E-state index contributed by atoms with van der Waals surface area (Å²) in [5, 5.41) is 24.3. The lowest BCUT2D eigenvalue weighted by atomic mass is 9.92. The first kappa shape index (κ1) is 25.4. The summed E-state index contributed by atoms with van der Waals surface area (Å²) in [7, 11) is 0. The van der Waals surface area contributed by atoms with E-state index < -0.39 is 0 Å². The minimum absolute atomic E-state index is 0.303. The SMILES string of the molecule is N#Cc1ccc2c(c1)c1ccccc1n2-c1ccc(C#N)c(C2C#CC/C=C\C(n3c4ccccc4c4ccccc43)=C2)c1. The van der Waals surface area contributed by atoms with E-state index in [1.165, 1.54) is 10.8 Å². The topological polar surface area (TPSA) is 57.4 Å². The van der Waals surface area contributed by atoms with Gasteiger partial charge in [0, 0.05) is 39.4 Å². The molecule has 1 atom stereocenters. The molecule has 1 aliphatic carbocycles. The number of aromatic nitrogens is 2. The molecule has 44 heavy (non-hydrogen) atoms. The Labute approximate surface area is 254 Å². The van der Waals surface area contributed by atoms with E-state index in [4.69, 9.17) is 0 Å². The van der Waals surface area contributed by atoms with Gasteiger partial charge in [-0.15, -0.1) is 0 Å². The van der Waals surface area contributed by atoms with Crippen molar-refractivity contribution in [3.8, 4) is 29.7 Å². The Kier molecular flexibility index (Phi) is 5.90. The molecule has 8 rings (SSSR count). The van der Waals surface area contributed by atoms with Gasteiger partial charge in [-0.3, -0.25) is 0 Å². The molecule has 4 nitrogen and oxygen atoms in total. The van der Waals surface area contributed by atoms with Gasteiger partial charge < -0.3 is 9.13 Å². The summed E-state index contributed by atoms with van der Waals surface area (Å²) in [4.78, 5) is 0. The van der Waals surface area contributed by atoms with Crippen molar-refractivity contribution < 1.29 is 0 Å². The number of rotatable bonds is 3. The van der Waals surface area contributed by atoms with Crippen molar-refractivity contribution in [3.63, 3.8) is 0 Å². The number of fused-ring (bicyclic) bond motifs is 6. The Bertz CT molecular complexity index is 2460. The lowest BCUT2D eigenvalue weighted by molar-refractivity contribution is 1.07. The Morgan fingerprint density at radius 3 is 1.95 bits per heavy atom. The molecular formula is C40H24N4. The maximum absolute atomic E-state index is 10.3. The highest BCUT2D eigenvalue weighted by Crippen LogP contribution is 2.36. The van der Waals surface area contributed by atoms with Crippen molar-refractivity contribution in [2.75, 3.05) is 0 Å². The number of nitrogens with zero attached hydrogens (tertiary/aromatic N) is 4. The van der Waals surface area contributed by atoms with Crippen LogP contribution in [0.15, 0.2) is 127 Å². The number of para-hydroxylation sites is 3. The Morgan fingerprint density at radius 1 is 0.636 bits per heavy atom. The van der Waals surface area contributed by atoms with Crippen LogP contribution in [-0.4, -0.2) is 9.13 Å². The van der Waals surface area contributed by atoms with Crippen LogP contribution in [0.2, 0.25) is 0 Å². The van der Waals surface area contributed by atoms with E-state index in [0.29, 0.717) is 17.5 Å². The van der Waals surface area contributed by atoms with Gasteiger partial charge in [0.1, 0.15) is 0 Å². The van der Waals surface area contributed by atoms with Gasteiger partial charge in [0.05, 0.1) is 51.3 Å². The van der Waals surface area contributed by atoms with Crippen LogP contribution in [0.5, 0.6) is 0 Å². The van der Waals surface area contributed by atoms with Gasteiger partial charge in [-0.1, -0.05) is 72.5 Å². The maximum Gasteiger partial charge on any atom is 0.0995 e. The molecule has 0 saturated carbocycles. The minimum Gasteiger partial charge on any atom is -0.310 e. The molecule has 0 bridgehead atoms. The van der Waals surface area contributed by atoms with E-state index in [2.05, 4.69) is 118 Å². The van der Waals surface area contributed by atoms with Gasteiger partial charge in [-0.05, 0) is 72.3 Å². The summed E-state index contributed by atoms with van der Waals surface area (Å²) in [5.74, 6) is 6.49. The monoisotopic (exact) mass is 560 g/mol. The van der Waals surface area contributed by atoms with Gasteiger partial charge in [-0.2, -0.15) is 10.5 Å². The predicted octanol–water partition coefficient (Wildman–Crippen LogP) is 9.22. The third-order valence-corrected chi connectivity index (χ3v) is 8.49. The lowest BCUT2D eigenvalue weighted by Gasteiger charge is -2.17. The third-order valence-electron chi connectivity index (χ3n) is 8.49. The van der Waals surface area contributed by atoms with E-state index in [0.717, 1.165) is 49.8 Å². The van der Waals surface area contributed by atoms with E-state index in [1.54, 1.807) is 0 Å². The van der Waals surface area contributed by atoms with E-state index in [-0.39, 0.29) is 5.92 Å². The molecule has 2 aromatic heterocycles. The second-order valence-corrected chi connectivity index (χ2v) is 10.9. The first-order valence-electron chi connectivity index (χ1n) is 14.6. The summed E-state index contributed by atoms with van der Waals surface area (Å²) in [6.45, 7) is 0. The van der Waals surface area contributed by atoms with Crippen molar-refractivity contribution in [1.29, 1.82) is 10.5 Å². The molecule has 0 N–H and O–H groups in total. The average Bonchev–Trinajstić information content (AvgIpc) is 3.57. The zero-order valence-electron chi connectivity index (χ0n) is 23.7. The molecule has 1 aliphatic rings. The fraction of sp³-hybridized carbons (Fsp3) is 0.0500. The molecule has 0 fully saturated rings. The summed E-state index contributed by atoms with van der Waals surface area (Å²) < 4.78 is 4.52. The van der Waals surface area contributed by atoms with E-state index >= 15 is 0 Å². The molecule has 204 valence electrons. The highest BCUT2D eigenvalue weighted by molar-refractivity contribution is 6.11. The van der Waals surface area contributed by atoms with Gasteiger partial charge in [0.25, 0.3) is 0 Å². The number of allylic oxidation sites excluding steroid dienone is 4. The summed E-state index contributed by atoms with van der Waals surface area (Å²) in [6, 6.07) is 41.7. The summed E-state index contributed by atoms with van der Waals surface area (Å²) >= 11 is 0. The molecular weight excluding hydrogens is 536 g/mol. The molecule has 0 saturated heterocycles. The third kappa shape index (κ3) is 3.93. The molecule has 7 aromatic rings. The van der Waals surface area contributed by atoms with Crippen LogP contribution in [0.4, 0.5) is 0 Å². The quantitative estimate of drug-likeness (QED) is 0.202. The fourth-order valence-electron chi connectivity index (χ4n) is 6.56. The largest absolute Gasteiger partial charge is 0.310 e. The first-order valence-corrected chi connectivity index (χ1v) is 14.6. The van der Waals surface area contributed by atoms with Crippen LogP contribution >= 0.6 is 0 Å². The van der Waals surface area contributed by atoms with E-state index in [1.807, 2.05) is 42.5 Å². The highest BCUT2D eigenvalue weighted by atomic mass is 15.0. The molecule has 0 radical (unpaired) electrons. The zero-order valence-corrected chi connectivity index (χ0v) is 23.7. The minimum atomic E-state index is -0.303. The summed E-state index contributed by atoms with van der Waals surface area (Å²) in [5.41, 5.74) is 8.38. The van der Waals surface area contributed by atoms with Crippen molar-refractivity contribution >= 4 is 49.3 Å². The fourth-order valence-corrected chi connectivity index (χ4v) is 6.56. The number of hydrogen-bond donors (Lipinski definition) is 0. The van der Waals surface area contributed by atoms with Crippen LogP contribution in [0.1, 0.15) is 29.0 Å². The molecule has 2 heterocycles. The van der Waals surface area contributed by atoms with Gasteiger partial charge >= 0.3 is 0 Å². The van der Waals surface area contributed by atoms with Crippen LogP contribution in [0.25, 0.3) is 55.0 Å². The molecule has 5 aromatic carbocycles. The van der Waals surface area contributed by atoms with Crippen LogP contribution in [-0.2, 0) is 0 Å². The molecule has 0 amide bonds. The highest BCUT2D eigenvalue weighted by Gasteiger charge is 2.19. The molecule has 1 unspecified atom stereocenters. The first-order chi connectivity index (χ1) is 21.7. The standard InChI is InChI=1S/C40H24N4/c41-25-27-18-21-40-36(22-27)34-14-6-9-17-39(34)44(40)31-20-19-29(26-42)35(24-31)28-10-2-1-3-11-30(23-28)43-37-15-7-4-12-32(37)33-13-5-8-16-38(33)43/h3-9,11-24,28H,1H2/b11-3-,30-23?. The van der Waals surface area contributed by atoms with Crippen molar-refractivity contribution in [1.82, 2.24) is 9.13 Å². The second kappa shape index (κ2) is 10.2. The smallest absolute Gasteiger partial charge is 0.0995 e. The lowest BCUT2D eigenvalue weighted by Crippen LogP contribution is -2.04. The second-order valence-electron chi connectivity index (χ2n) is 10.9. The van der Waals surface area contributed by atoms with Crippen LogP contribution in [0.3, 0.4) is 0 Å². The van der Waals surface area contributed by atoms with Gasteiger partial charge in [0.15, 0.2) is 0 Å². The number of nitriles is 2. The van der Waals surface area contributed by atoms with Crippen LogP contribution in [0, 0.1) is 34.5 Å². The van der Waals surface area contributed by atoms with Crippen LogP contribution < -0.4 is 0 Å². The maximum atomic E-state index is 10.3. The Hall–Kier alpha value is -6.28. The van der Waals surface area contributed by atoms with Crippen molar-refractivity contribution in [2.45, 2.75) is 12.3 Å². The van der Waals surface area contributed by atoms with Gasteiger partial charge in [-0.25, -0.2) is 0 Å². The summed E-state index contributed by atoms with van der Waals surface area (Å²) in [6.07, 6.45) is 7.07.